The second kappa shape index (κ2) is 9.18. The topological polar surface area (TPSA) is 88.3 Å². The number of hydrogen-bond acceptors (Lipinski definition) is 6. The van der Waals surface area contributed by atoms with E-state index in [4.69, 9.17) is 5.73 Å². The SMILES string of the molecule is Cc1cc(C(=O)N[C@H](CN)Cc2cccc(F)c2)sc1-c1ccnc2c1N(C)CC(=O)C2. The molecule has 0 saturated heterocycles. The molecular weight excluding hydrogens is 427 g/mol. The van der Waals surface area contributed by atoms with Gasteiger partial charge in [-0.25, -0.2) is 4.39 Å². The van der Waals surface area contributed by atoms with Crippen molar-refractivity contribution >= 4 is 28.7 Å². The van der Waals surface area contributed by atoms with Gasteiger partial charge in [-0.05, 0) is 48.7 Å². The lowest BCUT2D eigenvalue weighted by Crippen LogP contribution is -2.41. The first-order valence-corrected chi connectivity index (χ1v) is 11.2. The van der Waals surface area contributed by atoms with E-state index in [0.29, 0.717) is 24.3 Å². The Kier molecular flexibility index (Phi) is 6.34. The monoisotopic (exact) mass is 452 g/mol. The molecule has 4 rings (SSSR count). The van der Waals surface area contributed by atoms with Gasteiger partial charge in [0.2, 0.25) is 0 Å². The molecule has 8 heteroatoms. The molecule has 0 fully saturated rings. The molecule has 0 aliphatic carbocycles. The van der Waals surface area contributed by atoms with Gasteiger partial charge in [0.1, 0.15) is 5.82 Å². The van der Waals surface area contributed by atoms with E-state index in [1.165, 1.54) is 23.5 Å². The summed E-state index contributed by atoms with van der Waals surface area (Å²) in [5.41, 5.74) is 10.3. The summed E-state index contributed by atoms with van der Waals surface area (Å²) < 4.78 is 13.5. The summed E-state index contributed by atoms with van der Waals surface area (Å²) in [4.78, 5) is 32.8. The van der Waals surface area contributed by atoms with Crippen LogP contribution in [0, 0.1) is 12.7 Å². The number of pyridine rings is 1. The molecule has 3 N–H and O–H groups in total. The third-order valence-corrected chi connectivity index (χ3v) is 6.81. The smallest absolute Gasteiger partial charge is 0.261 e. The Hall–Kier alpha value is -3.10. The molecule has 0 saturated carbocycles. The van der Waals surface area contributed by atoms with Crippen molar-refractivity contribution in [3.05, 3.63) is 70.1 Å². The molecule has 0 unspecified atom stereocenters. The van der Waals surface area contributed by atoms with Crippen LogP contribution in [0.3, 0.4) is 0 Å². The number of ketones is 1. The van der Waals surface area contributed by atoms with E-state index in [1.807, 2.05) is 37.1 Å². The predicted molar refractivity (Wildman–Crippen MR) is 125 cm³/mol. The highest BCUT2D eigenvalue weighted by molar-refractivity contribution is 7.17. The molecule has 1 amide bonds. The Labute approximate surface area is 190 Å². The highest BCUT2D eigenvalue weighted by Gasteiger charge is 2.26. The predicted octanol–water partition coefficient (Wildman–Crippen LogP) is 3.12. The third-order valence-electron chi connectivity index (χ3n) is 5.54. The first-order chi connectivity index (χ1) is 15.4. The van der Waals surface area contributed by atoms with Gasteiger partial charge in [-0.2, -0.15) is 0 Å². The Morgan fingerprint density at radius 1 is 1.34 bits per heavy atom. The number of likely N-dealkylation sites (N-methyl/N-ethyl adjacent to an activating group) is 1. The average molecular weight is 453 g/mol. The molecule has 166 valence electrons. The molecule has 1 atom stereocenters. The van der Waals surface area contributed by atoms with Crippen LogP contribution in [0.4, 0.5) is 10.1 Å². The maximum Gasteiger partial charge on any atom is 0.261 e. The number of hydrogen-bond donors (Lipinski definition) is 2. The molecule has 1 aliphatic heterocycles. The van der Waals surface area contributed by atoms with Crippen LogP contribution in [0.15, 0.2) is 42.6 Å². The summed E-state index contributed by atoms with van der Waals surface area (Å²) in [6, 6.07) is 9.80. The van der Waals surface area contributed by atoms with E-state index in [1.54, 1.807) is 12.3 Å². The normalized spacial score (nSPS) is 14.2. The van der Waals surface area contributed by atoms with Crippen molar-refractivity contribution < 1.29 is 14.0 Å². The Morgan fingerprint density at radius 3 is 2.91 bits per heavy atom. The Morgan fingerprint density at radius 2 is 2.16 bits per heavy atom. The number of nitrogens with one attached hydrogen (secondary N) is 1. The number of aryl methyl sites for hydroxylation is 1. The maximum atomic E-state index is 13.5. The van der Waals surface area contributed by atoms with Crippen LogP contribution < -0.4 is 16.0 Å². The van der Waals surface area contributed by atoms with Gasteiger partial charge in [0.05, 0.1) is 29.2 Å². The van der Waals surface area contributed by atoms with Crippen LogP contribution in [-0.4, -0.2) is 42.9 Å². The van der Waals surface area contributed by atoms with Gasteiger partial charge in [-0.1, -0.05) is 12.1 Å². The number of nitrogens with zero attached hydrogens (tertiary/aromatic N) is 2. The summed E-state index contributed by atoms with van der Waals surface area (Å²) in [6.45, 7) is 2.56. The third kappa shape index (κ3) is 4.56. The number of amides is 1. The van der Waals surface area contributed by atoms with Gasteiger partial charge in [0.15, 0.2) is 5.78 Å². The molecule has 1 aliphatic rings. The zero-order valence-corrected chi connectivity index (χ0v) is 18.8. The van der Waals surface area contributed by atoms with Gasteiger partial charge in [-0.15, -0.1) is 11.3 Å². The summed E-state index contributed by atoms with van der Waals surface area (Å²) in [5.74, 6) is -0.378. The maximum absolute atomic E-state index is 13.5. The largest absolute Gasteiger partial charge is 0.365 e. The Balaban J connectivity index is 1.57. The number of anilines is 1. The molecule has 0 radical (unpaired) electrons. The summed E-state index contributed by atoms with van der Waals surface area (Å²) >= 11 is 1.41. The lowest BCUT2D eigenvalue weighted by molar-refractivity contribution is -0.117. The summed E-state index contributed by atoms with van der Waals surface area (Å²) in [7, 11) is 1.88. The van der Waals surface area contributed by atoms with E-state index in [0.717, 1.165) is 32.9 Å². The van der Waals surface area contributed by atoms with Crippen LogP contribution >= 0.6 is 11.3 Å². The molecule has 3 aromatic rings. The van der Waals surface area contributed by atoms with Crippen molar-refractivity contribution in [2.24, 2.45) is 5.73 Å². The van der Waals surface area contributed by atoms with Gasteiger partial charge in [-0.3, -0.25) is 14.6 Å². The highest BCUT2D eigenvalue weighted by Crippen LogP contribution is 2.40. The van der Waals surface area contributed by atoms with Crippen LogP contribution in [0.2, 0.25) is 0 Å². The standard InChI is InChI=1S/C24H25FN4O2S/c1-14-8-21(24(31)28-17(12-26)10-15-4-3-5-16(25)9-15)32-23(14)19-6-7-27-20-11-18(30)13-29(2)22(19)20/h3-9,17H,10-13,26H2,1-2H3,(H,28,31)/t17-/m0/s1. The van der Waals surface area contributed by atoms with E-state index in [-0.39, 0.29) is 30.1 Å². The van der Waals surface area contributed by atoms with Crippen LogP contribution in [-0.2, 0) is 17.6 Å². The minimum absolute atomic E-state index is 0.138. The number of benzene rings is 1. The minimum atomic E-state index is -0.310. The van der Waals surface area contributed by atoms with Crippen molar-refractivity contribution in [3.63, 3.8) is 0 Å². The molecule has 32 heavy (non-hydrogen) atoms. The van der Waals surface area contributed by atoms with Crippen molar-refractivity contribution in [2.75, 3.05) is 25.0 Å². The fourth-order valence-electron chi connectivity index (χ4n) is 4.08. The number of rotatable bonds is 6. The lowest BCUT2D eigenvalue weighted by atomic mass is 10.0. The number of thiophene rings is 1. The summed E-state index contributed by atoms with van der Waals surface area (Å²) in [6.07, 6.45) is 2.49. The van der Waals surface area contributed by atoms with Crippen LogP contribution in [0.25, 0.3) is 10.4 Å². The number of Topliss-reactive ketones (excluding diaryl/α,β-unsaturated/α-hetero) is 1. The number of halogens is 1. The van der Waals surface area contributed by atoms with Gasteiger partial charge in [0.25, 0.3) is 5.91 Å². The zero-order chi connectivity index (χ0) is 22.8. The zero-order valence-electron chi connectivity index (χ0n) is 18.0. The second-order valence-electron chi connectivity index (χ2n) is 8.09. The summed E-state index contributed by atoms with van der Waals surface area (Å²) in [5, 5.41) is 2.98. The number of carbonyl (C=O) groups is 2. The second-order valence-corrected chi connectivity index (χ2v) is 9.14. The number of aromatic nitrogens is 1. The molecular formula is C24H25FN4O2S. The molecule has 2 aromatic heterocycles. The van der Waals surface area contributed by atoms with Gasteiger partial charge in [0, 0.05) is 36.3 Å². The van der Waals surface area contributed by atoms with Gasteiger partial charge < -0.3 is 16.0 Å². The number of nitrogens with two attached hydrogens (primary N) is 1. The van der Waals surface area contributed by atoms with Crippen molar-refractivity contribution in [3.8, 4) is 10.4 Å². The van der Waals surface area contributed by atoms with Crippen LogP contribution in [0.1, 0.15) is 26.5 Å². The molecule has 6 nitrogen and oxygen atoms in total. The molecule has 1 aromatic carbocycles. The molecule has 0 bridgehead atoms. The lowest BCUT2D eigenvalue weighted by Gasteiger charge is -2.28. The van der Waals surface area contributed by atoms with Gasteiger partial charge >= 0.3 is 0 Å². The van der Waals surface area contributed by atoms with Crippen LogP contribution in [0.5, 0.6) is 0 Å². The first kappa shape index (κ1) is 22.1. The first-order valence-electron chi connectivity index (χ1n) is 10.4. The van der Waals surface area contributed by atoms with E-state index in [9.17, 15) is 14.0 Å². The van der Waals surface area contributed by atoms with E-state index in [2.05, 4.69) is 10.3 Å². The molecule has 0 spiro atoms. The fourth-order valence-corrected chi connectivity index (χ4v) is 5.18. The average Bonchev–Trinajstić information content (AvgIpc) is 3.14. The Bertz CT molecular complexity index is 1180. The number of carbonyl (C=O) groups excluding carboxylic acids is 2. The van der Waals surface area contributed by atoms with Crippen molar-refractivity contribution in [1.29, 1.82) is 0 Å². The minimum Gasteiger partial charge on any atom is -0.365 e. The fraction of sp³-hybridized carbons (Fsp3) is 0.292. The van der Waals surface area contributed by atoms with Crippen molar-refractivity contribution in [2.45, 2.75) is 25.8 Å². The highest BCUT2D eigenvalue weighted by atomic mass is 32.1. The van der Waals surface area contributed by atoms with Crippen molar-refractivity contribution in [1.82, 2.24) is 10.3 Å². The quantitative estimate of drug-likeness (QED) is 0.600. The number of fused-ring (bicyclic) bond motifs is 1. The van der Waals surface area contributed by atoms with E-state index >= 15 is 0 Å². The van der Waals surface area contributed by atoms with E-state index < -0.39 is 0 Å². The molecule has 3 heterocycles.